The molecule has 1 aliphatic carbocycles. The van der Waals surface area contributed by atoms with Crippen molar-refractivity contribution in [3.05, 3.63) is 0 Å². The van der Waals surface area contributed by atoms with Gasteiger partial charge in [0, 0.05) is 12.6 Å². The molecular weight excluding hydrogens is 200 g/mol. The molecule has 16 heavy (non-hydrogen) atoms. The molecule has 0 aliphatic heterocycles. The number of nitrogens with one attached hydrogen (secondary N) is 1. The van der Waals surface area contributed by atoms with Crippen LogP contribution in [0.15, 0.2) is 0 Å². The van der Waals surface area contributed by atoms with Crippen LogP contribution in [0.2, 0.25) is 0 Å². The highest BCUT2D eigenvalue weighted by Crippen LogP contribution is 2.42. The Bertz CT molecular complexity index is 194. The topological polar surface area (TPSA) is 47.3 Å². The second-order valence-corrected chi connectivity index (χ2v) is 5.69. The van der Waals surface area contributed by atoms with Crippen molar-refractivity contribution >= 4 is 0 Å². The second-order valence-electron chi connectivity index (χ2n) is 5.69. The molecule has 0 aromatic rings. The summed E-state index contributed by atoms with van der Waals surface area (Å²) in [6.45, 7) is 8.45. The predicted octanol–water partition coefficient (Wildman–Crippen LogP) is 2.46. The van der Waals surface area contributed by atoms with Crippen LogP contribution in [0.1, 0.15) is 52.9 Å². The van der Waals surface area contributed by atoms with Crippen LogP contribution < -0.4 is 11.3 Å². The van der Waals surface area contributed by atoms with Gasteiger partial charge in [-0.05, 0) is 30.6 Å². The van der Waals surface area contributed by atoms with Gasteiger partial charge in [0.25, 0.3) is 0 Å². The van der Waals surface area contributed by atoms with E-state index in [1.54, 1.807) is 0 Å². The molecule has 0 heterocycles. The van der Waals surface area contributed by atoms with E-state index < -0.39 is 0 Å². The number of nitrogens with two attached hydrogens (primary N) is 1. The normalized spacial score (nSPS) is 26.6. The molecule has 2 atom stereocenters. The highest BCUT2D eigenvalue weighted by atomic mass is 16.5. The molecule has 3 heteroatoms. The number of ether oxygens (including phenoxy) is 1. The Morgan fingerprint density at radius 3 is 2.75 bits per heavy atom. The molecule has 1 aliphatic rings. The van der Waals surface area contributed by atoms with Gasteiger partial charge in [0.2, 0.25) is 0 Å². The van der Waals surface area contributed by atoms with Crippen LogP contribution >= 0.6 is 0 Å². The fourth-order valence-corrected chi connectivity index (χ4v) is 2.90. The molecule has 0 aromatic carbocycles. The highest BCUT2D eigenvalue weighted by Gasteiger charge is 2.37. The molecule has 1 saturated carbocycles. The van der Waals surface area contributed by atoms with E-state index in [1.807, 2.05) is 0 Å². The molecule has 1 rings (SSSR count). The predicted molar refractivity (Wildman–Crippen MR) is 68.0 cm³/mol. The molecule has 1 fully saturated rings. The van der Waals surface area contributed by atoms with Crippen LogP contribution in [0.5, 0.6) is 0 Å². The molecule has 0 saturated heterocycles. The van der Waals surface area contributed by atoms with E-state index in [2.05, 4.69) is 26.2 Å². The molecular formula is C13H28N2O. The first-order chi connectivity index (χ1) is 7.61. The van der Waals surface area contributed by atoms with Crippen molar-refractivity contribution in [3.63, 3.8) is 0 Å². The zero-order chi connectivity index (χ0) is 12.0. The summed E-state index contributed by atoms with van der Waals surface area (Å²) < 4.78 is 5.64. The zero-order valence-corrected chi connectivity index (χ0v) is 11.1. The molecule has 2 unspecified atom stereocenters. The molecule has 0 spiro atoms. The minimum absolute atomic E-state index is 0.307. The Hall–Kier alpha value is -0.120. The van der Waals surface area contributed by atoms with Gasteiger partial charge in [0.05, 0.1) is 6.61 Å². The summed E-state index contributed by atoms with van der Waals surface area (Å²) in [5.41, 5.74) is 3.36. The molecule has 3 N–H and O–H groups in total. The third kappa shape index (κ3) is 3.72. The third-order valence-electron chi connectivity index (χ3n) is 3.94. The van der Waals surface area contributed by atoms with Gasteiger partial charge >= 0.3 is 0 Å². The van der Waals surface area contributed by atoms with Crippen molar-refractivity contribution in [1.82, 2.24) is 5.43 Å². The van der Waals surface area contributed by atoms with Gasteiger partial charge in [-0.1, -0.05) is 33.6 Å². The summed E-state index contributed by atoms with van der Waals surface area (Å²) in [6, 6.07) is 0.307. The first-order valence-corrected chi connectivity index (χ1v) is 6.65. The lowest BCUT2D eigenvalue weighted by atomic mass is 9.66. The van der Waals surface area contributed by atoms with Crippen molar-refractivity contribution in [2.75, 3.05) is 13.2 Å². The van der Waals surface area contributed by atoms with Crippen molar-refractivity contribution in [1.29, 1.82) is 0 Å². The Kier molecular flexibility index (Phi) is 5.73. The third-order valence-corrected chi connectivity index (χ3v) is 3.94. The minimum atomic E-state index is 0.307. The molecule has 0 aromatic heterocycles. The van der Waals surface area contributed by atoms with Crippen LogP contribution in [0.25, 0.3) is 0 Å². The summed E-state index contributed by atoms with van der Waals surface area (Å²) in [5.74, 6) is 6.32. The van der Waals surface area contributed by atoms with Crippen LogP contribution in [0.3, 0.4) is 0 Å². The minimum Gasteiger partial charge on any atom is -0.380 e. The van der Waals surface area contributed by atoms with Crippen LogP contribution in [0, 0.1) is 11.3 Å². The summed E-state index contributed by atoms with van der Waals surface area (Å²) in [4.78, 5) is 0. The maximum absolute atomic E-state index is 5.68. The number of rotatable bonds is 6. The molecule has 3 nitrogen and oxygen atoms in total. The lowest BCUT2D eigenvalue weighted by Crippen LogP contribution is -2.50. The second kappa shape index (κ2) is 6.58. The fourth-order valence-electron chi connectivity index (χ4n) is 2.90. The number of hydrogen-bond donors (Lipinski definition) is 2. The fraction of sp³-hybridized carbons (Fsp3) is 1.00. The van der Waals surface area contributed by atoms with E-state index in [1.165, 1.54) is 25.7 Å². The van der Waals surface area contributed by atoms with Crippen LogP contribution in [-0.4, -0.2) is 19.3 Å². The van der Waals surface area contributed by atoms with Gasteiger partial charge in [-0.3, -0.25) is 11.3 Å². The van der Waals surface area contributed by atoms with E-state index in [4.69, 9.17) is 10.6 Å². The van der Waals surface area contributed by atoms with Gasteiger partial charge in [-0.25, -0.2) is 0 Å². The van der Waals surface area contributed by atoms with E-state index in [0.717, 1.165) is 19.6 Å². The summed E-state index contributed by atoms with van der Waals surface area (Å²) in [5, 5.41) is 0. The largest absolute Gasteiger partial charge is 0.380 e. The monoisotopic (exact) mass is 228 g/mol. The van der Waals surface area contributed by atoms with Gasteiger partial charge in [0.15, 0.2) is 0 Å². The Morgan fingerprint density at radius 2 is 2.19 bits per heavy atom. The number of hydrogen-bond acceptors (Lipinski definition) is 3. The van der Waals surface area contributed by atoms with Crippen LogP contribution in [-0.2, 0) is 4.74 Å². The summed E-state index contributed by atoms with van der Waals surface area (Å²) in [6.07, 6.45) is 6.35. The average molecular weight is 228 g/mol. The van der Waals surface area contributed by atoms with Crippen molar-refractivity contribution in [2.45, 2.75) is 58.9 Å². The van der Waals surface area contributed by atoms with Gasteiger partial charge in [-0.15, -0.1) is 0 Å². The highest BCUT2D eigenvalue weighted by molar-refractivity contribution is 4.89. The lowest BCUT2D eigenvalue weighted by molar-refractivity contribution is 0.0364. The summed E-state index contributed by atoms with van der Waals surface area (Å²) >= 11 is 0. The van der Waals surface area contributed by atoms with Crippen molar-refractivity contribution in [2.24, 2.45) is 17.2 Å². The van der Waals surface area contributed by atoms with E-state index in [-0.39, 0.29) is 0 Å². The van der Waals surface area contributed by atoms with E-state index in [9.17, 15) is 0 Å². The van der Waals surface area contributed by atoms with Gasteiger partial charge < -0.3 is 4.74 Å². The van der Waals surface area contributed by atoms with E-state index in [0.29, 0.717) is 17.4 Å². The molecule has 0 amide bonds. The zero-order valence-electron chi connectivity index (χ0n) is 11.1. The SMILES string of the molecule is CCCOCC(NN)C1CCCCC1(C)C. The Labute approximate surface area is 100 Å². The van der Waals surface area contributed by atoms with Gasteiger partial charge in [-0.2, -0.15) is 0 Å². The Balaban J connectivity index is 2.49. The van der Waals surface area contributed by atoms with Crippen molar-refractivity contribution in [3.8, 4) is 0 Å². The smallest absolute Gasteiger partial charge is 0.0636 e. The first-order valence-electron chi connectivity index (χ1n) is 6.65. The van der Waals surface area contributed by atoms with E-state index >= 15 is 0 Å². The standard InChI is InChI=1S/C13H28N2O/c1-4-9-16-10-12(15-14)11-7-5-6-8-13(11,2)3/h11-12,15H,4-10,14H2,1-3H3. The molecule has 0 bridgehead atoms. The van der Waals surface area contributed by atoms with Gasteiger partial charge in [0.1, 0.15) is 0 Å². The van der Waals surface area contributed by atoms with Crippen molar-refractivity contribution < 1.29 is 4.74 Å². The number of hydrazine groups is 1. The average Bonchev–Trinajstić information content (AvgIpc) is 2.25. The first kappa shape index (κ1) is 13.9. The Morgan fingerprint density at radius 1 is 1.44 bits per heavy atom. The maximum atomic E-state index is 5.68. The summed E-state index contributed by atoms with van der Waals surface area (Å²) in [7, 11) is 0. The molecule has 0 radical (unpaired) electrons. The molecule has 96 valence electrons. The maximum Gasteiger partial charge on any atom is 0.0636 e. The lowest BCUT2D eigenvalue weighted by Gasteiger charge is -2.42. The van der Waals surface area contributed by atoms with Crippen LogP contribution in [0.4, 0.5) is 0 Å². The quantitative estimate of drug-likeness (QED) is 0.417.